The van der Waals surface area contributed by atoms with E-state index in [1.165, 1.54) is 12.1 Å². The van der Waals surface area contributed by atoms with Crippen molar-refractivity contribution in [3.63, 3.8) is 0 Å². The predicted molar refractivity (Wildman–Crippen MR) is 54.4 cm³/mol. The van der Waals surface area contributed by atoms with Crippen LogP contribution in [0.1, 0.15) is 11.6 Å². The highest BCUT2D eigenvalue weighted by molar-refractivity contribution is 5.45. The third-order valence-corrected chi connectivity index (χ3v) is 2.57. The van der Waals surface area contributed by atoms with Crippen molar-refractivity contribution in [2.24, 2.45) is 0 Å². The van der Waals surface area contributed by atoms with Gasteiger partial charge in [0.25, 0.3) is 0 Å². The number of anilines is 1. The zero-order valence-corrected chi connectivity index (χ0v) is 8.19. The molecule has 1 aliphatic rings. The minimum absolute atomic E-state index is 0.137. The van der Waals surface area contributed by atoms with Crippen LogP contribution in [0.25, 0.3) is 0 Å². The lowest BCUT2D eigenvalue weighted by atomic mass is 10.0. The van der Waals surface area contributed by atoms with Crippen molar-refractivity contribution in [3.8, 4) is 0 Å². The van der Waals surface area contributed by atoms with Crippen molar-refractivity contribution in [1.82, 2.24) is 10.6 Å². The third-order valence-electron chi connectivity index (χ3n) is 2.57. The Bertz CT molecular complexity index is 362. The molecular formula is C10H13F2N3. The van der Waals surface area contributed by atoms with Crippen molar-refractivity contribution in [2.45, 2.75) is 6.04 Å². The first-order valence-electron chi connectivity index (χ1n) is 4.87. The predicted octanol–water partition coefficient (Wildman–Crippen LogP) is 0.781. The van der Waals surface area contributed by atoms with Gasteiger partial charge in [-0.3, -0.25) is 0 Å². The molecule has 1 unspecified atom stereocenters. The smallest absolute Gasteiger partial charge is 0.153 e. The summed E-state index contributed by atoms with van der Waals surface area (Å²) < 4.78 is 26.5. The van der Waals surface area contributed by atoms with Gasteiger partial charge < -0.3 is 16.4 Å². The van der Waals surface area contributed by atoms with Crippen LogP contribution in [-0.4, -0.2) is 19.6 Å². The zero-order chi connectivity index (χ0) is 10.8. The van der Waals surface area contributed by atoms with Gasteiger partial charge in [0, 0.05) is 31.2 Å². The van der Waals surface area contributed by atoms with Gasteiger partial charge in [-0.15, -0.1) is 0 Å². The average molecular weight is 213 g/mol. The Kier molecular flexibility index (Phi) is 2.83. The van der Waals surface area contributed by atoms with E-state index < -0.39 is 17.3 Å². The normalized spacial score (nSPS) is 21.6. The lowest BCUT2D eigenvalue weighted by Gasteiger charge is -2.25. The largest absolute Gasteiger partial charge is 0.394 e. The Hall–Kier alpha value is -1.20. The summed E-state index contributed by atoms with van der Waals surface area (Å²) in [7, 11) is 0. The molecule has 2 rings (SSSR count). The van der Waals surface area contributed by atoms with Crippen LogP contribution >= 0.6 is 0 Å². The first-order valence-corrected chi connectivity index (χ1v) is 4.87. The van der Waals surface area contributed by atoms with E-state index in [-0.39, 0.29) is 6.04 Å². The minimum Gasteiger partial charge on any atom is -0.394 e. The average Bonchev–Trinajstić information content (AvgIpc) is 2.27. The topological polar surface area (TPSA) is 50.1 Å². The molecule has 5 heteroatoms. The van der Waals surface area contributed by atoms with Gasteiger partial charge >= 0.3 is 0 Å². The van der Waals surface area contributed by atoms with Crippen LogP contribution < -0.4 is 16.4 Å². The molecule has 0 saturated carbocycles. The van der Waals surface area contributed by atoms with E-state index in [2.05, 4.69) is 10.6 Å². The van der Waals surface area contributed by atoms with Crippen LogP contribution in [-0.2, 0) is 0 Å². The van der Waals surface area contributed by atoms with E-state index in [1.807, 2.05) is 0 Å². The summed E-state index contributed by atoms with van der Waals surface area (Å²) in [6, 6.07) is 2.50. The van der Waals surface area contributed by atoms with E-state index >= 15 is 0 Å². The van der Waals surface area contributed by atoms with Crippen LogP contribution in [0.2, 0.25) is 0 Å². The maximum Gasteiger partial charge on any atom is 0.153 e. The summed E-state index contributed by atoms with van der Waals surface area (Å²) in [5.74, 6) is -1.36. The summed E-state index contributed by atoms with van der Waals surface area (Å²) in [5.41, 5.74) is 5.31. The number of nitrogen functional groups attached to an aromatic ring is 1. The Morgan fingerprint density at radius 2 is 2.07 bits per heavy atom. The fraction of sp³-hybridized carbons (Fsp3) is 0.400. The molecule has 1 heterocycles. The summed E-state index contributed by atoms with van der Waals surface area (Å²) in [4.78, 5) is 0. The second-order valence-electron chi connectivity index (χ2n) is 3.58. The molecule has 1 fully saturated rings. The molecule has 0 aromatic heterocycles. The van der Waals surface area contributed by atoms with Crippen LogP contribution in [0.3, 0.4) is 0 Å². The molecule has 1 aliphatic heterocycles. The number of rotatable bonds is 1. The number of halogens is 2. The Morgan fingerprint density at radius 1 is 1.27 bits per heavy atom. The van der Waals surface area contributed by atoms with Gasteiger partial charge in [-0.1, -0.05) is 6.07 Å². The van der Waals surface area contributed by atoms with Gasteiger partial charge in [-0.25, -0.2) is 8.78 Å². The SMILES string of the molecule is Nc1c(F)ccc(C2CNCCN2)c1F. The summed E-state index contributed by atoms with van der Waals surface area (Å²) in [6.07, 6.45) is 0. The number of benzene rings is 1. The van der Waals surface area contributed by atoms with Crippen molar-refractivity contribution in [2.75, 3.05) is 25.4 Å². The Balaban J connectivity index is 2.31. The number of hydrogen-bond donors (Lipinski definition) is 3. The summed E-state index contributed by atoms with van der Waals surface area (Å²) >= 11 is 0. The molecule has 1 atom stereocenters. The number of nitrogens with two attached hydrogens (primary N) is 1. The molecule has 3 nitrogen and oxygen atoms in total. The molecule has 82 valence electrons. The summed E-state index contributed by atoms with van der Waals surface area (Å²) in [6.45, 7) is 2.25. The van der Waals surface area contributed by atoms with Gasteiger partial charge in [0.1, 0.15) is 11.5 Å². The Morgan fingerprint density at radius 3 is 2.73 bits per heavy atom. The van der Waals surface area contributed by atoms with Crippen LogP contribution in [0, 0.1) is 11.6 Å². The molecule has 0 aliphatic carbocycles. The molecule has 0 amide bonds. The Labute approximate surface area is 86.7 Å². The maximum atomic E-state index is 13.6. The molecule has 15 heavy (non-hydrogen) atoms. The van der Waals surface area contributed by atoms with Crippen molar-refractivity contribution >= 4 is 5.69 Å². The minimum atomic E-state index is -0.708. The van der Waals surface area contributed by atoms with Crippen LogP contribution in [0.15, 0.2) is 12.1 Å². The zero-order valence-electron chi connectivity index (χ0n) is 8.19. The first-order chi connectivity index (χ1) is 7.20. The summed E-state index contributed by atoms with van der Waals surface area (Å²) in [5, 5.41) is 6.27. The number of piperazine rings is 1. The van der Waals surface area contributed by atoms with Crippen molar-refractivity contribution < 1.29 is 8.78 Å². The van der Waals surface area contributed by atoms with Crippen molar-refractivity contribution in [3.05, 3.63) is 29.3 Å². The third kappa shape index (κ3) is 1.93. The van der Waals surface area contributed by atoms with E-state index in [0.717, 1.165) is 13.1 Å². The van der Waals surface area contributed by atoms with Gasteiger partial charge in [-0.2, -0.15) is 0 Å². The monoisotopic (exact) mass is 213 g/mol. The highest BCUT2D eigenvalue weighted by Gasteiger charge is 2.20. The molecule has 1 saturated heterocycles. The second-order valence-corrected chi connectivity index (χ2v) is 3.58. The van der Waals surface area contributed by atoms with E-state index in [4.69, 9.17) is 5.73 Å². The molecule has 1 aromatic carbocycles. The van der Waals surface area contributed by atoms with E-state index in [0.29, 0.717) is 12.1 Å². The standard InChI is InChI=1S/C10H13F2N3/c11-7-2-1-6(9(12)10(7)13)8-5-14-3-4-15-8/h1-2,8,14-15H,3-5,13H2. The first kappa shape index (κ1) is 10.3. The maximum absolute atomic E-state index is 13.6. The van der Waals surface area contributed by atoms with E-state index in [1.54, 1.807) is 0 Å². The van der Waals surface area contributed by atoms with Crippen molar-refractivity contribution in [1.29, 1.82) is 0 Å². The van der Waals surface area contributed by atoms with Gasteiger partial charge in [0.2, 0.25) is 0 Å². The van der Waals surface area contributed by atoms with Gasteiger partial charge in [0.05, 0.1) is 0 Å². The lowest BCUT2D eigenvalue weighted by Crippen LogP contribution is -2.43. The molecule has 4 N–H and O–H groups in total. The van der Waals surface area contributed by atoms with Crippen LogP contribution in [0.5, 0.6) is 0 Å². The fourth-order valence-electron chi connectivity index (χ4n) is 1.73. The molecule has 0 bridgehead atoms. The van der Waals surface area contributed by atoms with E-state index in [9.17, 15) is 8.78 Å². The highest BCUT2D eigenvalue weighted by Crippen LogP contribution is 2.24. The van der Waals surface area contributed by atoms with Gasteiger partial charge in [0.15, 0.2) is 5.82 Å². The molecule has 0 radical (unpaired) electrons. The second kappa shape index (κ2) is 4.12. The quantitative estimate of drug-likeness (QED) is 0.604. The lowest BCUT2D eigenvalue weighted by molar-refractivity contribution is 0.416. The molecule has 0 spiro atoms. The number of nitrogens with one attached hydrogen (secondary N) is 2. The fourth-order valence-corrected chi connectivity index (χ4v) is 1.73. The molecular weight excluding hydrogens is 200 g/mol. The molecule has 1 aromatic rings. The number of hydrogen-bond acceptors (Lipinski definition) is 3. The van der Waals surface area contributed by atoms with Crippen LogP contribution in [0.4, 0.5) is 14.5 Å². The van der Waals surface area contributed by atoms with Gasteiger partial charge in [-0.05, 0) is 6.07 Å². The highest BCUT2D eigenvalue weighted by atomic mass is 19.1.